The Morgan fingerprint density at radius 3 is 2.19 bits per heavy atom. The molecule has 1 amide bonds. The summed E-state index contributed by atoms with van der Waals surface area (Å²) >= 11 is 0. The monoisotopic (exact) mass is 349 g/mol. The molecule has 132 valence electrons. The highest BCUT2D eigenvalue weighted by Gasteiger charge is 2.18. The molecule has 0 saturated carbocycles. The fourth-order valence-electron chi connectivity index (χ4n) is 2.64. The van der Waals surface area contributed by atoms with Crippen molar-refractivity contribution in [1.82, 2.24) is 4.90 Å². The lowest BCUT2D eigenvalue weighted by Crippen LogP contribution is -2.30. The van der Waals surface area contributed by atoms with Crippen LogP contribution in [-0.4, -0.2) is 23.9 Å². The first-order chi connectivity index (χ1) is 12.7. The van der Waals surface area contributed by atoms with Gasteiger partial charge >= 0.3 is 5.97 Å². The highest BCUT2D eigenvalue weighted by atomic mass is 16.5. The van der Waals surface area contributed by atoms with Crippen molar-refractivity contribution in [1.29, 1.82) is 0 Å². The van der Waals surface area contributed by atoms with Crippen molar-refractivity contribution < 1.29 is 18.7 Å². The van der Waals surface area contributed by atoms with Gasteiger partial charge in [0.05, 0.1) is 25.5 Å². The number of benzene rings is 2. The molecule has 0 aliphatic heterocycles. The number of ether oxygens (including phenoxy) is 1. The van der Waals surface area contributed by atoms with Gasteiger partial charge in [-0.15, -0.1) is 0 Å². The first kappa shape index (κ1) is 17.5. The van der Waals surface area contributed by atoms with E-state index < -0.39 is 5.97 Å². The highest BCUT2D eigenvalue weighted by molar-refractivity contribution is 5.96. The van der Waals surface area contributed by atoms with Crippen LogP contribution in [0.15, 0.2) is 77.4 Å². The van der Waals surface area contributed by atoms with Crippen LogP contribution in [0, 0.1) is 0 Å². The van der Waals surface area contributed by atoms with Gasteiger partial charge in [-0.25, -0.2) is 4.79 Å². The molecule has 0 radical (unpaired) electrons. The van der Waals surface area contributed by atoms with Crippen LogP contribution in [-0.2, 0) is 17.8 Å². The Balaban J connectivity index is 1.82. The fourth-order valence-corrected chi connectivity index (χ4v) is 2.64. The second-order valence-electron chi connectivity index (χ2n) is 5.80. The molecule has 0 N–H and O–H groups in total. The zero-order valence-corrected chi connectivity index (χ0v) is 14.4. The van der Waals surface area contributed by atoms with E-state index in [1.54, 1.807) is 41.5 Å². The molecule has 0 spiro atoms. The first-order valence-electron chi connectivity index (χ1n) is 8.21. The van der Waals surface area contributed by atoms with Crippen molar-refractivity contribution in [2.24, 2.45) is 0 Å². The predicted octanol–water partition coefficient (Wildman–Crippen LogP) is 3.91. The Hall–Kier alpha value is -3.34. The number of furan rings is 1. The zero-order valence-electron chi connectivity index (χ0n) is 14.4. The molecule has 0 fully saturated rings. The number of methoxy groups -OCH3 is 1. The quantitative estimate of drug-likeness (QED) is 0.633. The molecule has 26 heavy (non-hydrogen) atoms. The van der Waals surface area contributed by atoms with Gasteiger partial charge in [-0.3, -0.25) is 4.79 Å². The minimum atomic E-state index is -0.430. The molecule has 0 atom stereocenters. The molecular weight excluding hydrogens is 330 g/mol. The number of rotatable bonds is 6. The maximum absolute atomic E-state index is 13.0. The summed E-state index contributed by atoms with van der Waals surface area (Å²) in [5, 5.41) is 0. The number of hydrogen-bond acceptors (Lipinski definition) is 4. The van der Waals surface area contributed by atoms with E-state index in [1.165, 1.54) is 7.11 Å². The van der Waals surface area contributed by atoms with Crippen molar-refractivity contribution in [3.63, 3.8) is 0 Å². The number of carbonyl (C=O) groups excluding carboxylic acids is 2. The smallest absolute Gasteiger partial charge is 0.337 e. The van der Waals surface area contributed by atoms with Crippen LogP contribution in [0.2, 0.25) is 0 Å². The third-order valence-electron chi connectivity index (χ3n) is 3.98. The summed E-state index contributed by atoms with van der Waals surface area (Å²) in [4.78, 5) is 26.3. The Morgan fingerprint density at radius 1 is 0.885 bits per heavy atom. The molecule has 3 rings (SSSR count). The maximum Gasteiger partial charge on any atom is 0.337 e. The summed E-state index contributed by atoms with van der Waals surface area (Å²) in [6, 6.07) is 19.9. The summed E-state index contributed by atoms with van der Waals surface area (Å²) in [6.45, 7) is 0.818. The number of amides is 1. The van der Waals surface area contributed by atoms with Crippen LogP contribution >= 0.6 is 0 Å². The van der Waals surface area contributed by atoms with E-state index in [0.29, 0.717) is 30.0 Å². The Morgan fingerprint density at radius 2 is 1.58 bits per heavy atom. The minimum absolute atomic E-state index is 0.137. The normalized spacial score (nSPS) is 10.3. The van der Waals surface area contributed by atoms with Gasteiger partial charge in [0.1, 0.15) is 5.76 Å². The van der Waals surface area contributed by atoms with Gasteiger partial charge in [-0.2, -0.15) is 0 Å². The summed E-state index contributed by atoms with van der Waals surface area (Å²) in [5.74, 6) is 0.142. The van der Waals surface area contributed by atoms with Crippen LogP contribution in [0.1, 0.15) is 32.0 Å². The predicted molar refractivity (Wildman–Crippen MR) is 96.5 cm³/mol. The van der Waals surface area contributed by atoms with Gasteiger partial charge < -0.3 is 14.1 Å². The van der Waals surface area contributed by atoms with E-state index in [0.717, 1.165) is 5.56 Å². The van der Waals surface area contributed by atoms with Crippen molar-refractivity contribution in [3.8, 4) is 0 Å². The standard InChI is InChI=1S/C21H19NO4/c1-25-21(24)18-11-9-17(10-12-18)20(23)22(15-19-8-5-13-26-19)14-16-6-3-2-4-7-16/h2-13H,14-15H2,1H3. The van der Waals surface area contributed by atoms with Crippen LogP contribution < -0.4 is 0 Å². The van der Waals surface area contributed by atoms with E-state index in [1.807, 2.05) is 36.4 Å². The topological polar surface area (TPSA) is 59.8 Å². The number of nitrogens with zero attached hydrogens (tertiary/aromatic N) is 1. The third-order valence-corrected chi connectivity index (χ3v) is 3.98. The molecule has 0 aliphatic rings. The molecule has 1 aromatic heterocycles. The number of carbonyl (C=O) groups is 2. The van der Waals surface area contributed by atoms with E-state index >= 15 is 0 Å². The lowest BCUT2D eigenvalue weighted by atomic mass is 10.1. The zero-order chi connectivity index (χ0) is 18.4. The van der Waals surface area contributed by atoms with Gasteiger partial charge in [0.25, 0.3) is 5.91 Å². The van der Waals surface area contributed by atoms with Gasteiger partial charge in [0.2, 0.25) is 0 Å². The summed E-state index contributed by atoms with van der Waals surface area (Å²) < 4.78 is 10.1. The molecule has 0 unspecified atom stereocenters. The fraction of sp³-hybridized carbons (Fsp3) is 0.143. The van der Waals surface area contributed by atoms with Crippen molar-refractivity contribution >= 4 is 11.9 Å². The average Bonchev–Trinajstić information content (AvgIpc) is 3.20. The van der Waals surface area contributed by atoms with Crippen molar-refractivity contribution in [2.45, 2.75) is 13.1 Å². The van der Waals surface area contributed by atoms with E-state index in [9.17, 15) is 9.59 Å². The van der Waals surface area contributed by atoms with Gasteiger partial charge in [-0.05, 0) is 42.0 Å². The van der Waals surface area contributed by atoms with Crippen LogP contribution in [0.25, 0.3) is 0 Å². The average molecular weight is 349 g/mol. The van der Waals surface area contributed by atoms with E-state index in [4.69, 9.17) is 4.42 Å². The maximum atomic E-state index is 13.0. The molecule has 2 aromatic carbocycles. The van der Waals surface area contributed by atoms with Crippen LogP contribution in [0.4, 0.5) is 0 Å². The lowest BCUT2D eigenvalue weighted by Gasteiger charge is -2.22. The number of esters is 1. The molecule has 0 bridgehead atoms. The second-order valence-corrected chi connectivity index (χ2v) is 5.80. The highest BCUT2D eigenvalue weighted by Crippen LogP contribution is 2.15. The summed E-state index contributed by atoms with van der Waals surface area (Å²) in [5.41, 5.74) is 1.93. The van der Waals surface area contributed by atoms with Gasteiger partial charge in [-0.1, -0.05) is 30.3 Å². The Bertz CT molecular complexity index is 855. The third kappa shape index (κ3) is 4.19. The minimum Gasteiger partial charge on any atom is -0.467 e. The summed E-state index contributed by atoms with van der Waals surface area (Å²) in [7, 11) is 1.33. The molecule has 1 heterocycles. The van der Waals surface area contributed by atoms with Crippen molar-refractivity contribution in [3.05, 3.63) is 95.4 Å². The largest absolute Gasteiger partial charge is 0.467 e. The molecular formula is C21H19NO4. The van der Waals surface area contributed by atoms with Crippen molar-refractivity contribution in [2.75, 3.05) is 7.11 Å². The molecule has 0 aliphatic carbocycles. The van der Waals surface area contributed by atoms with E-state index in [-0.39, 0.29) is 5.91 Å². The summed E-state index contributed by atoms with van der Waals surface area (Å²) in [6.07, 6.45) is 1.59. The van der Waals surface area contributed by atoms with E-state index in [2.05, 4.69) is 4.74 Å². The molecule has 5 heteroatoms. The van der Waals surface area contributed by atoms with Crippen LogP contribution in [0.5, 0.6) is 0 Å². The Labute approximate surface area is 151 Å². The first-order valence-corrected chi connectivity index (χ1v) is 8.21. The van der Waals surface area contributed by atoms with Crippen LogP contribution in [0.3, 0.4) is 0 Å². The Kier molecular flexibility index (Phi) is 5.49. The SMILES string of the molecule is COC(=O)c1ccc(C(=O)N(Cc2ccccc2)Cc2ccco2)cc1. The van der Waals surface area contributed by atoms with Gasteiger partial charge in [0, 0.05) is 12.1 Å². The van der Waals surface area contributed by atoms with Gasteiger partial charge in [0.15, 0.2) is 0 Å². The second kappa shape index (κ2) is 8.16. The number of hydrogen-bond donors (Lipinski definition) is 0. The molecule has 0 saturated heterocycles. The molecule has 3 aromatic rings. The lowest BCUT2D eigenvalue weighted by molar-refractivity contribution is 0.0599. The molecule has 5 nitrogen and oxygen atoms in total.